The van der Waals surface area contributed by atoms with Crippen molar-refractivity contribution >= 4 is 29.0 Å². The van der Waals surface area contributed by atoms with Crippen LogP contribution < -0.4 is 10.6 Å². The average Bonchev–Trinajstić information content (AvgIpc) is 3.32. The summed E-state index contributed by atoms with van der Waals surface area (Å²) in [7, 11) is 0. The number of nitrogens with zero attached hydrogens (tertiary/aromatic N) is 4. The van der Waals surface area contributed by atoms with Crippen LogP contribution in [-0.2, 0) is 0 Å². The minimum Gasteiger partial charge on any atom is -0.353 e. The highest BCUT2D eigenvalue weighted by Gasteiger charge is 2.23. The quantitative estimate of drug-likeness (QED) is 0.517. The van der Waals surface area contributed by atoms with E-state index < -0.39 is 0 Å². The molecule has 2 saturated heterocycles. The molecule has 2 aliphatic rings. The topological polar surface area (TPSA) is 66.0 Å². The van der Waals surface area contributed by atoms with Crippen molar-refractivity contribution in [3.8, 4) is 21.8 Å². The molecule has 174 valence electrons. The summed E-state index contributed by atoms with van der Waals surface area (Å²) >= 11 is 3.74. The SMILES string of the molecule is Fc1ccc(-c2nc(C3CCNCC3)sc2-c2ccnc(NCCN3CCSCC3)n2)cc1. The number of benzene rings is 1. The van der Waals surface area contributed by atoms with Crippen LogP contribution in [0.15, 0.2) is 36.5 Å². The van der Waals surface area contributed by atoms with Crippen LogP contribution in [-0.4, -0.2) is 70.6 Å². The first-order valence-electron chi connectivity index (χ1n) is 11.6. The van der Waals surface area contributed by atoms with Gasteiger partial charge in [0.25, 0.3) is 0 Å². The van der Waals surface area contributed by atoms with Crippen LogP contribution >= 0.6 is 23.1 Å². The van der Waals surface area contributed by atoms with Crippen LogP contribution in [0.3, 0.4) is 0 Å². The maximum absolute atomic E-state index is 13.6. The van der Waals surface area contributed by atoms with Crippen molar-refractivity contribution in [1.82, 2.24) is 25.2 Å². The molecule has 2 N–H and O–H groups in total. The molecule has 0 atom stereocenters. The summed E-state index contributed by atoms with van der Waals surface area (Å²) in [6.07, 6.45) is 3.98. The lowest BCUT2D eigenvalue weighted by Gasteiger charge is -2.25. The van der Waals surface area contributed by atoms with Gasteiger partial charge in [0.05, 0.1) is 21.3 Å². The minimum atomic E-state index is -0.241. The molecule has 0 radical (unpaired) electrons. The van der Waals surface area contributed by atoms with Gasteiger partial charge in [-0.05, 0) is 56.3 Å². The average molecular weight is 485 g/mol. The molecule has 0 unspecified atom stereocenters. The molecular weight excluding hydrogens is 455 g/mol. The maximum atomic E-state index is 13.6. The Morgan fingerprint density at radius 2 is 1.85 bits per heavy atom. The molecule has 9 heteroatoms. The van der Waals surface area contributed by atoms with Crippen LogP contribution in [0.5, 0.6) is 0 Å². The predicted octanol–water partition coefficient (Wildman–Crippen LogP) is 4.33. The second kappa shape index (κ2) is 10.9. The highest BCUT2D eigenvalue weighted by Crippen LogP contribution is 2.40. The van der Waals surface area contributed by atoms with Gasteiger partial charge < -0.3 is 10.6 Å². The molecule has 4 heterocycles. The van der Waals surface area contributed by atoms with Gasteiger partial charge >= 0.3 is 0 Å². The fourth-order valence-corrected chi connectivity index (χ4v) is 6.48. The molecule has 3 aromatic rings. The highest BCUT2D eigenvalue weighted by atomic mass is 32.2. The second-order valence-corrected chi connectivity index (χ2v) is 10.7. The Morgan fingerprint density at radius 3 is 2.64 bits per heavy atom. The van der Waals surface area contributed by atoms with Crippen molar-refractivity contribution < 1.29 is 4.39 Å². The first kappa shape index (κ1) is 22.7. The van der Waals surface area contributed by atoms with Crippen molar-refractivity contribution in [3.05, 3.63) is 47.4 Å². The normalized spacial score (nSPS) is 17.8. The lowest BCUT2D eigenvalue weighted by Crippen LogP contribution is -2.36. The second-order valence-electron chi connectivity index (χ2n) is 8.41. The Morgan fingerprint density at radius 1 is 1.06 bits per heavy atom. The summed E-state index contributed by atoms with van der Waals surface area (Å²) in [5, 5.41) is 7.96. The number of piperidine rings is 1. The predicted molar refractivity (Wildman–Crippen MR) is 136 cm³/mol. The molecule has 33 heavy (non-hydrogen) atoms. The molecule has 2 fully saturated rings. The molecule has 0 spiro atoms. The number of rotatable bonds is 7. The van der Waals surface area contributed by atoms with Gasteiger partial charge in [0.1, 0.15) is 5.82 Å². The van der Waals surface area contributed by atoms with E-state index >= 15 is 0 Å². The zero-order chi connectivity index (χ0) is 22.5. The molecule has 5 rings (SSSR count). The van der Waals surface area contributed by atoms with Gasteiger partial charge in [-0.2, -0.15) is 11.8 Å². The van der Waals surface area contributed by atoms with Crippen molar-refractivity contribution in [2.75, 3.05) is 56.1 Å². The third kappa shape index (κ3) is 5.71. The largest absolute Gasteiger partial charge is 0.353 e. The van der Waals surface area contributed by atoms with Crippen LogP contribution in [0.25, 0.3) is 21.8 Å². The van der Waals surface area contributed by atoms with Crippen molar-refractivity contribution in [1.29, 1.82) is 0 Å². The number of thiazole rings is 1. The number of nitrogens with one attached hydrogen (secondary N) is 2. The molecule has 6 nitrogen and oxygen atoms in total. The summed E-state index contributed by atoms with van der Waals surface area (Å²) < 4.78 is 13.6. The monoisotopic (exact) mass is 484 g/mol. The summed E-state index contributed by atoms with van der Waals surface area (Å²) in [6, 6.07) is 8.54. The summed E-state index contributed by atoms with van der Waals surface area (Å²) in [5.74, 6) is 3.27. The van der Waals surface area contributed by atoms with Crippen molar-refractivity contribution in [2.45, 2.75) is 18.8 Å². The summed E-state index contributed by atoms with van der Waals surface area (Å²) in [6.45, 7) is 6.14. The lowest BCUT2D eigenvalue weighted by atomic mass is 9.99. The molecule has 2 aromatic heterocycles. The van der Waals surface area contributed by atoms with Crippen LogP contribution in [0.1, 0.15) is 23.8 Å². The van der Waals surface area contributed by atoms with E-state index in [0.717, 1.165) is 78.9 Å². The summed E-state index contributed by atoms with van der Waals surface area (Å²) in [4.78, 5) is 17.8. The van der Waals surface area contributed by atoms with Gasteiger partial charge in [-0.15, -0.1) is 11.3 Å². The Bertz CT molecular complexity index is 1050. The standard InChI is InChI=1S/C24H29FN6S2/c25-19-3-1-17(2-4-19)21-22(33-23(30-21)18-5-8-26-9-6-18)20-7-10-27-24(29-20)28-11-12-31-13-15-32-16-14-31/h1-4,7,10,18,26H,5-6,8-9,11-16H2,(H,27,28,29). The first-order valence-corrected chi connectivity index (χ1v) is 13.6. The fourth-order valence-electron chi connectivity index (χ4n) is 4.28. The number of anilines is 1. The molecule has 0 bridgehead atoms. The van der Waals surface area contributed by atoms with Gasteiger partial charge in [-0.1, -0.05) is 0 Å². The Kier molecular flexibility index (Phi) is 7.50. The van der Waals surface area contributed by atoms with Gasteiger partial charge in [-0.3, -0.25) is 4.90 Å². The van der Waals surface area contributed by atoms with Gasteiger partial charge in [0.2, 0.25) is 5.95 Å². The lowest BCUT2D eigenvalue weighted by molar-refractivity contribution is 0.314. The Labute approximate surface area is 202 Å². The van der Waals surface area contributed by atoms with Gasteiger partial charge in [-0.25, -0.2) is 19.3 Å². The number of aromatic nitrogens is 3. The fraction of sp³-hybridized carbons (Fsp3) is 0.458. The smallest absolute Gasteiger partial charge is 0.223 e. The van der Waals surface area contributed by atoms with E-state index in [1.165, 1.54) is 23.6 Å². The van der Waals surface area contributed by atoms with E-state index in [9.17, 15) is 4.39 Å². The van der Waals surface area contributed by atoms with Gasteiger partial charge in [0.15, 0.2) is 0 Å². The van der Waals surface area contributed by atoms with E-state index in [0.29, 0.717) is 11.9 Å². The first-order chi connectivity index (χ1) is 16.3. The molecule has 0 amide bonds. The Hall–Kier alpha value is -2.07. The Balaban J connectivity index is 1.39. The van der Waals surface area contributed by atoms with E-state index in [-0.39, 0.29) is 5.82 Å². The van der Waals surface area contributed by atoms with Crippen molar-refractivity contribution in [2.24, 2.45) is 0 Å². The zero-order valence-electron chi connectivity index (χ0n) is 18.6. The molecular formula is C24H29FN6S2. The van der Waals surface area contributed by atoms with E-state index in [1.807, 2.05) is 17.8 Å². The summed E-state index contributed by atoms with van der Waals surface area (Å²) in [5.41, 5.74) is 2.65. The van der Waals surface area contributed by atoms with E-state index in [1.54, 1.807) is 29.7 Å². The third-order valence-electron chi connectivity index (χ3n) is 6.15. The van der Waals surface area contributed by atoms with Crippen LogP contribution in [0.2, 0.25) is 0 Å². The maximum Gasteiger partial charge on any atom is 0.223 e. The molecule has 0 saturated carbocycles. The number of thioether (sulfide) groups is 1. The molecule has 2 aliphatic heterocycles. The number of halogens is 1. The molecule has 1 aromatic carbocycles. The van der Waals surface area contributed by atoms with Gasteiger partial charge in [0, 0.05) is 55.4 Å². The number of hydrogen-bond donors (Lipinski definition) is 2. The third-order valence-corrected chi connectivity index (χ3v) is 8.34. The van der Waals surface area contributed by atoms with Crippen LogP contribution in [0, 0.1) is 5.82 Å². The highest BCUT2D eigenvalue weighted by molar-refractivity contribution is 7.99. The molecule has 0 aliphatic carbocycles. The van der Waals surface area contributed by atoms with E-state index in [2.05, 4.69) is 20.5 Å². The van der Waals surface area contributed by atoms with E-state index in [4.69, 9.17) is 9.97 Å². The number of hydrogen-bond acceptors (Lipinski definition) is 8. The van der Waals surface area contributed by atoms with Crippen molar-refractivity contribution in [3.63, 3.8) is 0 Å². The van der Waals surface area contributed by atoms with Crippen LogP contribution in [0.4, 0.5) is 10.3 Å². The zero-order valence-corrected chi connectivity index (χ0v) is 20.2. The minimum absolute atomic E-state index is 0.241.